The molecule has 0 saturated heterocycles. The molecule has 136 valence electrons. The Hall–Kier alpha value is -3.32. The van der Waals surface area contributed by atoms with Gasteiger partial charge in [0.1, 0.15) is 11.5 Å². The zero-order chi connectivity index (χ0) is 18.8. The number of rotatable bonds is 5. The number of methoxy groups -OCH3 is 1. The number of phenols is 1. The van der Waals surface area contributed by atoms with Crippen molar-refractivity contribution in [1.29, 1.82) is 0 Å². The highest BCUT2D eigenvalue weighted by Gasteiger charge is 2.11. The molecule has 0 aliphatic heterocycles. The van der Waals surface area contributed by atoms with Gasteiger partial charge in [-0.15, -0.1) is 11.3 Å². The zero-order valence-corrected chi connectivity index (χ0v) is 15.4. The first-order chi connectivity index (χ1) is 13.1. The monoisotopic (exact) mass is 379 g/mol. The first-order valence-electron chi connectivity index (χ1n) is 8.31. The molecule has 4 aromatic rings. The number of ether oxygens (including phenoxy) is 1. The number of aromatic hydroxyl groups is 1. The minimum Gasteiger partial charge on any atom is -0.508 e. The number of nitrogens with one attached hydrogen (secondary N) is 1. The van der Waals surface area contributed by atoms with E-state index in [1.165, 1.54) is 16.0 Å². The predicted molar refractivity (Wildman–Crippen MR) is 105 cm³/mol. The Morgan fingerprint density at radius 1 is 1.15 bits per heavy atom. The van der Waals surface area contributed by atoms with Crippen molar-refractivity contribution in [2.45, 2.75) is 6.42 Å². The maximum absolute atomic E-state index is 12.4. The molecule has 2 aromatic carbocycles. The van der Waals surface area contributed by atoms with Gasteiger partial charge in [-0.2, -0.15) is 4.68 Å². The van der Waals surface area contributed by atoms with E-state index in [1.807, 2.05) is 29.6 Å². The van der Waals surface area contributed by atoms with Gasteiger partial charge < -0.3 is 9.84 Å². The number of thiazole rings is 1. The van der Waals surface area contributed by atoms with E-state index in [-0.39, 0.29) is 11.3 Å². The molecule has 0 radical (unpaired) electrons. The summed E-state index contributed by atoms with van der Waals surface area (Å²) in [6, 6.07) is 16.1. The van der Waals surface area contributed by atoms with Gasteiger partial charge in [-0.25, -0.2) is 4.98 Å². The first-order valence-corrected chi connectivity index (χ1v) is 9.19. The van der Waals surface area contributed by atoms with Crippen molar-refractivity contribution in [2.24, 2.45) is 0 Å². The van der Waals surface area contributed by atoms with Crippen LogP contribution in [0.2, 0.25) is 0 Å². The van der Waals surface area contributed by atoms with Crippen molar-refractivity contribution in [3.8, 4) is 27.9 Å². The third kappa shape index (κ3) is 3.63. The highest BCUT2D eigenvalue weighted by atomic mass is 32.1. The SMILES string of the molecule is COc1ccc(Cc2cc(=O)n(-c3nc(-c4ccc(O)cc4)cs3)[nH]2)cc1. The Morgan fingerprint density at radius 3 is 2.59 bits per heavy atom. The Kier molecular flexibility index (Phi) is 4.52. The molecular formula is C20H17N3O3S. The highest BCUT2D eigenvalue weighted by Crippen LogP contribution is 2.25. The summed E-state index contributed by atoms with van der Waals surface area (Å²) in [4.78, 5) is 16.9. The lowest BCUT2D eigenvalue weighted by Crippen LogP contribution is -2.13. The van der Waals surface area contributed by atoms with Gasteiger partial charge in [-0.1, -0.05) is 12.1 Å². The Labute approximate surface area is 159 Å². The topological polar surface area (TPSA) is 80.1 Å². The van der Waals surface area contributed by atoms with E-state index >= 15 is 0 Å². The number of H-pyrrole nitrogens is 1. The second kappa shape index (κ2) is 7.13. The molecule has 7 heteroatoms. The lowest BCUT2D eigenvalue weighted by molar-refractivity contribution is 0.414. The zero-order valence-electron chi connectivity index (χ0n) is 14.5. The third-order valence-corrected chi connectivity index (χ3v) is 5.00. The molecule has 2 N–H and O–H groups in total. The van der Waals surface area contributed by atoms with Crippen LogP contribution in [-0.2, 0) is 6.42 Å². The van der Waals surface area contributed by atoms with E-state index in [0.29, 0.717) is 11.6 Å². The fraction of sp³-hybridized carbons (Fsp3) is 0.100. The van der Waals surface area contributed by atoms with Gasteiger partial charge in [0, 0.05) is 29.1 Å². The number of phenolic OH excluding ortho intramolecular Hbond substituents is 1. The van der Waals surface area contributed by atoms with Crippen LogP contribution in [0.15, 0.2) is 64.8 Å². The van der Waals surface area contributed by atoms with Crippen molar-refractivity contribution >= 4 is 11.3 Å². The van der Waals surface area contributed by atoms with E-state index < -0.39 is 0 Å². The standard InChI is InChI=1S/C20H17N3O3S/c1-26-17-8-2-13(3-9-17)10-15-11-19(25)23(22-15)20-21-18(12-27-20)14-4-6-16(24)7-5-14/h2-9,11-12,22,24H,10H2,1H3. The van der Waals surface area contributed by atoms with Crippen molar-refractivity contribution in [1.82, 2.24) is 14.8 Å². The summed E-state index contributed by atoms with van der Waals surface area (Å²) in [6.07, 6.45) is 0.614. The highest BCUT2D eigenvalue weighted by molar-refractivity contribution is 7.12. The minimum absolute atomic E-state index is 0.148. The van der Waals surface area contributed by atoms with Crippen LogP contribution < -0.4 is 10.3 Å². The van der Waals surface area contributed by atoms with Crippen LogP contribution in [0, 0.1) is 0 Å². The van der Waals surface area contributed by atoms with Crippen molar-refractivity contribution in [3.63, 3.8) is 0 Å². The normalized spacial score (nSPS) is 10.9. The van der Waals surface area contributed by atoms with Crippen LogP contribution >= 0.6 is 11.3 Å². The van der Waals surface area contributed by atoms with E-state index in [1.54, 1.807) is 37.4 Å². The third-order valence-electron chi connectivity index (χ3n) is 4.17. The summed E-state index contributed by atoms with van der Waals surface area (Å²) >= 11 is 1.38. The molecule has 0 fully saturated rings. The molecule has 2 aromatic heterocycles. The van der Waals surface area contributed by atoms with Crippen molar-refractivity contribution < 1.29 is 9.84 Å². The fourth-order valence-electron chi connectivity index (χ4n) is 2.77. The minimum atomic E-state index is -0.148. The molecular weight excluding hydrogens is 362 g/mol. The maximum atomic E-state index is 12.4. The van der Waals surface area contributed by atoms with E-state index in [9.17, 15) is 9.90 Å². The molecule has 0 atom stereocenters. The molecule has 4 rings (SSSR count). The summed E-state index contributed by atoms with van der Waals surface area (Å²) in [5.74, 6) is 1.01. The summed E-state index contributed by atoms with van der Waals surface area (Å²) < 4.78 is 6.61. The van der Waals surface area contributed by atoms with E-state index in [4.69, 9.17) is 4.74 Å². The van der Waals surface area contributed by atoms with Gasteiger partial charge in [0.2, 0.25) is 5.13 Å². The summed E-state index contributed by atoms with van der Waals surface area (Å²) in [5, 5.41) is 15.0. The molecule has 0 aliphatic rings. The average molecular weight is 379 g/mol. The van der Waals surface area contributed by atoms with Crippen LogP contribution in [0.3, 0.4) is 0 Å². The molecule has 27 heavy (non-hydrogen) atoms. The lowest BCUT2D eigenvalue weighted by Gasteiger charge is -2.02. The predicted octanol–water partition coefficient (Wildman–Crippen LogP) is 3.59. The van der Waals surface area contributed by atoms with E-state index in [0.717, 1.165) is 28.3 Å². The molecule has 0 unspecified atom stereocenters. The molecule has 0 aliphatic carbocycles. The second-order valence-corrected chi connectivity index (χ2v) is 6.88. The molecule has 0 bridgehead atoms. The van der Waals surface area contributed by atoms with Gasteiger partial charge in [0.05, 0.1) is 12.8 Å². The molecule has 0 amide bonds. The average Bonchev–Trinajstić information content (AvgIpc) is 3.30. The number of benzene rings is 2. The van der Waals surface area contributed by atoms with E-state index in [2.05, 4.69) is 10.1 Å². The van der Waals surface area contributed by atoms with Crippen molar-refractivity contribution in [2.75, 3.05) is 7.11 Å². The van der Waals surface area contributed by atoms with Gasteiger partial charge in [-0.05, 0) is 42.0 Å². The number of aromatic amines is 1. The molecule has 0 spiro atoms. The summed E-state index contributed by atoms with van der Waals surface area (Å²) in [5.41, 5.74) is 3.38. The number of nitrogens with zero attached hydrogens (tertiary/aromatic N) is 2. The first kappa shape index (κ1) is 17.1. The van der Waals surface area contributed by atoms with Crippen LogP contribution in [0.25, 0.3) is 16.4 Å². The van der Waals surface area contributed by atoms with Gasteiger partial charge >= 0.3 is 0 Å². The van der Waals surface area contributed by atoms with Crippen LogP contribution in [0.1, 0.15) is 11.3 Å². The quantitative estimate of drug-likeness (QED) is 0.555. The van der Waals surface area contributed by atoms with Gasteiger partial charge in [-0.3, -0.25) is 9.89 Å². The maximum Gasteiger partial charge on any atom is 0.273 e. The Morgan fingerprint density at radius 2 is 1.89 bits per heavy atom. The van der Waals surface area contributed by atoms with Crippen molar-refractivity contribution in [3.05, 3.63) is 81.6 Å². The summed E-state index contributed by atoms with van der Waals surface area (Å²) in [7, 11) is 1.63. The fourth-order valence-corrected chi connectivity index (χ4v) is 3.57. The Bertz CT molecular complexity index is 1110. The number of hydrogen-bond donors (Lipinski definition) is 2. The molecule has 0 saturated carbocycles. The lowest BCUT2D eigenvalue weighted by atomic mass is 10.1. The van der Waals surface area contributed by atoms with Crippen LogP contribution in [0.4, 0.5) is 0 Å². The Balaban J connectivity index is 1.58. The smallest absolute Gasteiger partial charge is 0.273 e. The second-order valence-electron chi connectivity index (χ2n) is 6.04. The van der Waals surface area contributed by atoms with Crippen LogP contribution in [0.5, 0.6) is 11.5 Å². The van der Waals surface area contributed by atoms with Gasteiger partial charge in [0.25, 0.3) is 5.56 Å². The number of aromatic nitrogens is 3. The van der Waals surface area contributed by atoms with Crippen LogP contribution in [-0.4, -0.2) is 27.0 Å². The van der Waals surface area contributed by atoms with Gasteiger partial charge in [0.15, 0.2) is 0 Å². The largest absolute Gasteiger partial charge is 0.508 e. The number of hydrogen-bond acceptors (Lipinski definition) is 5. The molecule has 2 heterocycles. The molecule has 6 nitrogen and oxygen atoms in total. The summed E-state index contributed by atoms with van der Waals surface area (Å²) in [6.45, 7) is 0.